The quantitative estimate of drug-likeness (QED) is 0.648. The Kier molecular flexibility index (Phi) is 4.71. The molecule has 1 aromatic rings. The van der Waals surface area contributed by atoms with Gasteiger partial charge in [-0.25, -0.2) is 0 Å². The zero-order valence-corrected chi connectivity index (χ0v) is 21.9. The highest BCUT2D eigenvalue weighted by molar-refractivity contribution is 5.63. The van der Waals surface area contributed by atoms with Crippen LogP contribution in [0.4, 0.5) is 0 Å². The number of aromatic hydroxyl groups is 1. The van der Waals surface area contributed by atoms with E-state index in [-0.39, 0.29) is 34.0 Å². The Morgan fingerprint density at radius 3 is 2.62 bits per heavy atom. The number of unbranched alkanes of at least 4 members (excludes halogenated alkanes) is 1. The maximum absolute atomic E-state index is 12.2. The second-order valence-corrected chi connectivity index (χ2v) is 13.2. The van der Waals surface area contributed by atoms with Crippen LogP contribution >= 0.6 is 0 Å². The minimum Gasteiger partial charge on any atom is -0.504 e. The van der Waals surface area contributed by atoms with E-state index < -0.39 is 11.2 Å². The summed E-state index contributed by atoms with van der Waals surface area (Å²) in [6.45, 7) is 13.0. The average molecular weight is 470 g/mol. The van der Waals surface area contributed by atoms with E-state index in [4.69, 9.17) is 9.47 Å². The highest BCUT2D eigenvalue weighted by atomic mass is 16.6. The van der Waals surface area contributed by atoms with Crippen LogP contribution in [0.1, 0.15) is 84.3 Å². The second kappa shape index (κ2) is 6.92. The fourth-order valence-electron chi connectivity index (χ4n) is 9.36. The number of phenols is 1. The molecule has 1 aromatic carbocycles. The maximum Gasteiger partial charge on any atom is 0.165 e. The molecule has 0 radical (unpaired) electrons. The first-order valence-electron chi connectivity index (χ1n) is 13.5. The van der Waals surface area contributed by atoms with Gasteiger partial charge in [0.15, 0.2) is 11.5 Å². The minimum atomic E-state index is -0.916. The van der Waals surface area contributed by atoms with E-state index in [9.17, 15) is 10.2 Å². The highest BCUT2D eigenvalue weighted by Gasteiger charge is 2.82. The van der Waals surface area contributed by atoms with Crippen molar-refractivity contribution in [2.24, 2.45) is 16.7 Å². The molecule has 0 amide bonds. The number of likely N-dealkylation sites (tertiary alicyclic amines) is 1. The molecule has 7 atom stereocenters. The highest BCUT2D eigenvalue weighted by Crippen LogP contribution is 2.77. The maximum atomic E-state index is 12.2. The molecule has 5 heteroatoms. The summed E-state index contributed by atoms with van der Waals surface area (Å²) in [5, 5.41) is 23.1. The monoisotopic (exact) mass is 469 g/mol. The van der Waals surface area contributed by atoms with Gasteiger partial charge in [-0.15, -0.1) is 0 Å². The van der Waals surface area contributed by atoms with E-state index in [1.165, 1.54) is 24.0 Å². The van der Waals surface area contributed by atoms with Crippen LogP contribution in [0.2, 0.25) is 0 Å². The summed E-state index contributed by atoms with van der Waals surface area (Å²) < 4.78 is 13.4. The van der Waals surface area contributed by atoms with Crippen LogP contribution in [-0.4, -0.2) is 58.7 Å². The zero-order chi connectivity index (χ0) is 24.3. The Labute approximate surface area is 204 Å². The third-order valence-electron chi connectivity index (χ3n) is 11.5. The van der Waals surface area contributed by atoms with Gasteiger partial charge in [0.1, 0.15) is 11.7 Å². The van der Waals surface area contributed by atoms with Crippen LogP contribution in [-0.2, 0) is 16.6 Å². The molecular weight excluding hydrogens is 426 g/mol. The fraction of sp³-hybridized carbons (Fsp3) is 0.793. The molecule has 1 unspecified atom stereocenters. The van der Waals surface area contributed by atoms with Crippen molar-refractivity contribution >= 4 is 0 Å². The van der Waals surface area contributed by atoms with Crippen LogP contribution in [0.15, 0.2) is 12.1 Å². The lowest BCUT2D eigenvalue weighted by molar-refractivity contribution is -0.312. The van der Waals surface area contributed by atoms with Gasteiger partial charge in [0.25, 0.3) is 0 Å². The van der Waals surface area contributed by atoms with Crippen molar-refractivity contribution in [1.29, 1.82) is 0 Å². The number of phenolic OH excluding ortho intramolecular Hbond substituents is 1. The van der Waals surface area contributed by atoms with Gasteiger partial charge in [0.2, 0.25) is 0 Å². The number of methoxy groups -OCH3 is 1. The first-order valence-corrected chi connectivity index (χ1v) is 13.5. The van der Waals surface area contributed by atoms with Crippen LogP contribution < -0.4 is 4.74 Å². The summed E-state index contributed by atoms with van der Waals surface area (Å²) >= 11 is 0. The normalized spacial score (nSPS) is 41.7. The van der Waals surface area contributed by atoms with Crippen molar-refractivity contribution in [3.63, 3.8) is 0 Å². The summed E-state index contributed by atoms with van der Waals surface area (Å²) in [6, 6.07) is 4.42. The molecule has 34 heavy (non-hydrogen) atoms. The van der Waals surface area contributed by atoms with Gasteiger partial charge < -0.3 is 19.7 Å². The van der Waals surface area contributed by atoms with Gasteiger partial charge in [0.05, 0.1) is 5.60 Å². The SMILES string of the molecule is CCCCN1CC[C@]23c4c5ccc(O)c4O[C@H]2C2(OC)CC[C@@]3(C[C@@H]2[C@](C)(O)C(C)(C)C)[C@H]1C5. The van der Waals surface area contributed by atoms with Crippen LogP contribution in [0.25, 0.3) is 0 Å². The third-order valence-corrected chi connectivity index (χ3v) is 11.5. The van der Waals surface area contributed by atoms with Crippen molar-refractivity contribution in [2.45, 2.75) is 108 Å². The number of piperidine rings is 1. The summed E-state index contributed by atoms with van der Waals surface area (Å²) in [5.41, 5.74) is 0.713. The molecule has 188 valence electrons. The van der Waals surface area contributed by atoms with Crippen molar-refractivity contribution in [3.8, 4) is 11.5 Å². The lowest BCUT2D eigenvalue weighted by Crippen LogP contribution is -2.83. The van der Waals surface area contributed by atoms with Gasteiger partial charge in [-0.1, -0.05) is 40.2 Å². The molecule has 2 aliphatic heterocycles. The third kappa shape index (κ3) is 2.38. The average Bonchev–Trinajstić information content (AvgIpc) is 3.16. The lowest BCUT2D eigenvalue weighted by atomic mass is 9.33. The molecule has 6 aliphatic rings. The molecule has 1 saturated heterocycles. The van der Waals surface area contributed by atoms with E-state index in [2.05, 4.69) is 38.7 Å². The Morgan fingerprint density at radius 2 is 1.94 bits per heavy atom. The Morgan fingerprint density at radius 1 is 1.18 bits per heavy atom. The molecule has 4 fully saturated rings. The van der Waals surface area contributed by atoms with Gasteiger partial charge in [0, 0.05) is 35.5 Å². The van der Waals surface area contributed by atoms with E-state index in [1.807, 2.05) is 20.1 Å². The Hall–Kier alpha value is -1.30. The molecule has 2 spiro atoms. The number of fused-ring (bicyclic) bond motifs is 2. The smallest absolute Gasteiger partial charge is 0.165 e. The standard InChI is InChI=1S/C29H43NO4/c1-7-8-14-30-15-13-28-22-18-9-10-19(31)23(22)34-24(28)29(33-6)12-11-27(28,21(30)16-18)17-20(29)26(5,32)25(2,3)4/h9-10,20-21,24,31-32H,7-8,11-17H2,1-6H3/t20-,21-,24-,26+,27-,28+,29?/m1/s1. The second-order valence-electron chi connectivity index (χ2n) is 13.2. The van der Waals surface area contributed by atoms with Gasteiger partial charge in [-0.2, -0.15) is 0 Å². The summed E-state index contributed by atoms with van der Waals surface area (Å²) in [4.78, 5) is 2.77. The van der Waals surface area contributed by atoms with Crippen molar-refractivity contribution in [1.82, 2.24) is 4.90 Å². The number of aliphatic hydroxyl groups is 1. The number of nitrogens with zero attached hydrogens (tertiary/aromatic N) is 1. The first-order chi connectivity index (χ1) is 16.0. The molecule has 2 N–H and O–H groups in total. The molecule has 7 rings (SSSR count). The van der Waals surface area contributed by atoms with Crippen LogP contribution in [0.5, 0.6) is 11.5 Å². The van der Waals surface area contributed by atoms with Crippen LogP contribution in [0, 0.1) is 16.7 Å². The van der Waals surface area contributed by atoms with E-state index in [1.54, 1.807) is 0 Å². The Balaban J connectivity index is 1.60. The van der Waals surface area contributed by atoms with Crippen molar-refractivity contribution in [3.05, 3.63) is 23.3 Å². The van der Waals surface area contributed by atoms with Crippen molar-refractivity contribution in [2.75, 3.05) is 20.2 Å². The zero-order valence-electron chi connectivity index (χ0n) is 21.9. The molecule has 5 nitrogen and oxygen atoms in total. The number of ether oxygens (including phenoxy) is 2. The predicted molar refractivity (Wildman–Crippen MR) is 132 cm³/mol. The summed E-state index contributed by atoms with van der Waals surface area (Å²) in [6.07, 6.45) is 7.24. The van der Waals surface area contributed by atoms with Gasteiger partial charge in [-0.3, -0.25) is 4.90 Å². The minimum absolute atomic E-state index is 0.0237. The topological polar surface area (TPSA) is 62.2 Å². The molecule has 2 heterocycles. The molecule has 4 bridgehead atoms. The number of benzene rings is 1. The van der Waals surface area contributed by atoms with E-state index in [0.717, 1.165) is 45.2 Å². The summed E-state index contributed by atoms with van der Waals surface area (Å²) in [5.74, 6) is 0.921. The van der Waals surface area contributed by atoms with Gasteiger partial charge in [-0.05, 0) is 75.6 Å². The number of hydrogen-bond acceptors (Lipinski definition) is 5. The van der Waals surface area contributed by atoms with E-state index in [0.29, 0.717) is 11.8 Å². The Bertz CT molecular complexity index is 1010. The first kappa shape index (κ1) is 23.1. The van der Waals surface area contributed by atoms with E-state index >= 15 is 0 Å². The molecule has 3 saturated carbocycles. The molecule has 4 aliphatic carbocycles. The molecular formula is C29H43NO4. The van der Waals surface area contributed by atoms with Gasteiger partial charge >= 0.3 is 0 Å². The number of rotatable bonds is 5. The fourth-order valence-corrected chi connectivity index (χ4v) is 9.36. The lowest BCUT2D eigenvalue weighted by Gasteiger charge is -2.75. The van der Waals surface area contributed by atoms with Crippen LogP contribution in [0.3, 0.4) is 0 Å². The largest absolute Gasteiger partial charge is 0.504 e. The number of hydrogen-bond donors (Lipinski definition) is 2. The molecule has 0 aromatic heterocycles. The summed E-state index contributed by atoms with van der Waals surface area (Å²) in [7, 11) is 1.82. The van der Waals surface area contributed by atoms with Crippen molar-refractivity contribution < 1.29 is 19.7 Å². The predicted octanol–water partition coefficient (Wildman–Crippen LogP) is 4.80.